The van der Waals surface area contributed by atoms with Crippen molar-refractivity contribution in [2.24, 2.45) is 0 Å². The van der Waals surface area contributed by atoms with Crippen LogP contribution in [-0.4, -0.2) is 29.2 Å². The summed E-state index contributed by atoms with van der Waals surface area (Å²) in [5.41, 5.74) is 0.257. The third-order valence-corrected chi connectivity index (χ3v) is 2.15. The molecule has 0 bridgehead atoms. The fourth-order valence-electron chi connectivity index (χ4n) is 1.33. The van der Waals surface area contributed by atoms with Crippen molar-refractivity contribution in [1.82, 2.24) is 0 Å². The van der Waals surface area contributed by atoms with Crippen LogP contribution in [0.1, 0.15) is 5.56 Å². The Labute approximate surface area is 91.6 Å². The maximum atomic E-state index is 10.7. The van der Waals surface area contributed by atoms with E-state index in [0.717, 1.165) is 0 Å². The van der Waals surface area contributed by atoms with Gasteiger partial charge < -0.3 is 9.84 Å². The highest BCUT2D eigenvalue weighted by Gasteiger charge is 2.21. The molecule has 0 fully saturated rings. The highest BCUT2D eigenvalue weighted by molar-refractivity contribution is 5.73. The Bertz CT molecular complexity index is 404. The number of carboxylic acid groups (broad SMARTS) is 1. The van der Waals surface area contributed by atoms with Crippen LogP contribution in [0.2, 0.25) is 0 Å². The monoisotopic (exact) mass is 225 g/mol. The first kappa shape index (κ1) is 12.1. The topological polar surface area (TPSA) is 89.7 Å². The molecule has 0 heterocycles. The second-order valence-electron chi connectivity index (χ2n) is 3.15. The molecule has 0 aliphatic rings. The molecule has 16 heavy (non-hydrogen) atoms. The molecule has 0 amide bonds. The Morgan fingerprint density at radius 3 is 2.69 bits per heavy atom. The number of carboxylic acids is 1. The van der Waals surface area contributed by atoms with Crippen LogP contribution in [0.25, 0.3) is 0 Å². The minimum Gasteiger partial charge on any atom is -0.479 e. The number of methoxy groups -OCH3 is 1. The number of para-hydroxylation sites is 1. The van der Waals surface area contributed by atoms with Crippen molar-refractivity contribution in [2.45, 2.75) is 12.5 Å². The number of rotatable bonds is 5. The molecule has 1 rings (SSSR count). The van der Waals surface area contributed by atoms with Crippen molar-refractivity contribution < 1.29 is 19.6 Å². The van der Waals surface area contributed by atoms with E-state index in [-0.39, 0.29) is 12.1 Å². The molecule has 1 unspecified atom stereocenters. The van der Waals surface area contributed by atoms with Crippen LogP contribution in [0, 0.1) is 10.1 Å². The predicted molar refractivity (Wildman–Crippen MR) is 55.2 cm³/mol. The Hall–Kier alpha value is -1.95. The zero-order chi connectivity index (χ0) is 12.1. The van der Waals surface area contributed by atoms with Gasteiger partial charge in [-0.15, -0.1) is 0 Å². The summed E-state index contributed by atoms with van der Waals surface area (Å²) < 4.78 is 4.73. The third kappa shape index (κ3) is 2.77. The standard InChI is InChI=1S/C10H11NO5/c1-16-9(10(12)13)6-7-4-2-3-5-8(7)11(14)15/h2-5,9H,6H2,1H3,(H,12,13). The molecule has 0 radical (unpaired) electrons. The number of benzene rings is 1. The van der Waals surface area contributed by atoms with Crippen molar-refractivity contribution in [3.8, 4) is 0 Å². The molecule has 1 N–H and O–H groups in total. The highest BCUT2D eigenvalue weighted by atomic mass is 16.6. The van der Waals surface area contributed by atoms with Crippen LogP contribution >= 0.6 is 0 Å². The zero-order valence-electron chi connectivity index (χ0n) is 8.62. The number of nitro benzene ring substituents is 1. The van der Waals surface area contributed by atoms with Crippen molar-refractivity contribution in [3.63, 3.8) is 0 Å². The number of aliphatic carboxylic acids is 1. The summed E-state index contributed by atoms with van der Waals surface area (Å²) in [6.45, 7) is 0. The lowest BCUT2D eigenvalue weighted by Gasteiger charge is -2.10. The van der Waals surface area contributed by atoms with Crippen LogP contribution < -0.4 is 0 Å². The number of hydrogen-bond acceptors (Lipinski definition) is 4. The van der Waals surface area contributed by atoms with Crippen molar-refractivity contribution in [3.05, 3.63) is 39.9 Å². The fourth-order valence-corrected chi connectivity index (χ4v) is 1.33. The molecule has 1 aromatic carbocycles. The second-order valence-corrected chi connectivity index (χ2v) is 3.15. The van der Waals surface area contributed by atoms with E-state index in [4.69, 9.17) is 9.84 Å². The first-order valence-electron chi connectivity index (χ1n) is 4.54. The maximum absolute atomic E-state index is 10.7. The average molecular weight is 225 g/mol. The van der Waals surface area contributed by atoms with E-state index >= 15 is 0 Å². The smallest absolute Gasteiger partial charge is 0.333 e. The van der Waals surface area contributed by atoms with Crippen LogP contribution in [-0.2, 0) is 16.0 Å². The van der Waals surface area contributed by atoms with Crippen LogP contribution in [0.5, 0.6) is 0 Å². The van der Waals surface area contributed by atoms with E-state index in [1.54, 1.807) is 6.07 Å². The zero-order valence-corrected chi connectivity index (χ0v) is 8.62. The average Bonchev–Trinajstić information content (AvgIpc) is 2.25. The predicted octanol–water partition coefficient (Wildman–Crippen LogP) is 1.24. The van der Waals surface area contributed by atoms with Crippen molar-refractivity contribution in [2.75, 3.05) is 7.11 Å². The Morgan fingerprint density at radius 1 is 1.56 bits per heavy atom. The molecule has 0 aromatic heterocycles. The quantitative estimate of drug-likeness (QED) is 0.601. The highest BCUT2D eigenvalue weighted by Crippen LogP contribution is 2.19. The first-order chi connectivity index (χ1) is 7.56. The van der Waals surface area contributed by atoms with E-state index in [1.165, 1.54) is 25.3 Å². The minimum absolute atomic E-state index is 0.0248. The molecule has 0 aliphatic carbocycles. The van der Waals surface area contributed by atoms with Gasteiger partial charge in [0.05, 0.1) is 4.92 Å². The summed E-state index contributed by atoms with van der Waals surface area (Å²) in [4.78, 5) is 20.9. The summed E-state index contributed by atoms with van der Waals surface area (Å²) >= 11 is 0. The summed E-state index contributed by atoms with van der Waals surface area (Å²) in [5.74, 6) is -1.14. The molecular weight excluding hydrogens is 214 g/mol. The molecule has 6 nitrogen and oxygen atoms in total. The molecule has 0 saturated carbocycles. The van der Waals surface area contributed by atoms with E-state index in [1.807, 2.05) is 0 Å². The van der Waals surface area contributed by atoms with Gasteiger partial charge >= 0.3 is 5.97 Å². The summed E-state index contributed by atoms with van der Waals surface area (Å²) in [7, 11) is 1.26. The minimum atomic E-state index is -1.14. The van der Waals surface area contributed by atoms with E-state index in [2.05, 4.69) is 0 Å². The number of ether oxygens (including phenoxy) is 1. The van der Waals surface area contributed by atoms with Gasteiger partial charge in [0.1, 0.15) is 0 Å². The second kappa shape index (κ2) is 5.22. The molecule has 0 aliphatic heterocycles. The van der Waals surface area contributed by atoms with Crippen LogP contribution in [0.15, 0.2) is 24.3 Å². The number of nitro groups is 1. The van der Waals surface area contributed by atoms with E-state index < -0.39 is 17.0 Å². The Kier molecular flexibility index (Phi) is 3.96. The normalized spacial score (nSPS) is 12.1. The molecule has 6 heteroatoms. The van der Waals surface area contributed by atoms with Gasteiger partial charge in [-0.1, -0.05) is 18.2 Å². The largest absolute Gasteiger partial charge is 0.479 e. The van der Waals surface area contributed by atoms with Gasteiger partial charge in [0.25, 0.3) is 5.69 Å². The summed E-state index contributed by atoms with van der Waals surface area (Å²) in [5, 5.41) is 19.4. The number of nitrogens with zero attached hydrogens (tertiary/aromatic N) is 1. The van der Waals surface area contributed by atoms with Gasteiger partial charge in [-0.05, 0) is 0 Å². The molecule has 0 saturated heterocycles. The first-order valence-corrected chi connectivity index (χ1v) is 4.54. The van der Waals surface area contributed by atoms with Gasteiger partial charge in [-0.2, -0.15) is 0 Å². The van der Waals surface area contributed by atoms with Crippen molar-refractivity contribution >= 4 is 11.7 Å². The molecule has 0 spiro atoms. The van der Waals surface area contributed by atoms with Crippen LogP contribution in [0.4, 0.5) is 5.69 Å². The van der Waals surface area contributed by atoms with E-state index in [0.29, 0.717) is 5.56 Å². The van der Waals surface area contributed by atoms with Gasteiger partial charge in [0, 0.05) is 25.2 Å². The van der Waals surface area contributed by atoms with Crippen LogP contribution in [0.3, 0.4) is 0 Å². The maximum Gasteiger partial charge on any atom is 0.333 e. The van der Waals surface area contributed by atoms with Gasteiger partial charge in [-0.25, -0.2) is 4.79 Å². The molecule has 1 aromatic rings. The third-order valence-electron chi connectivity index (χ3n) is 2.15. The van der Waals surface area contributed by atoms with E-state index in [9.17, 15) is 14.9 Å². The van der Waals surface area contributed by atoms with Crippen molar-refractivity contribution in [1.29, 1.82) is 0 Å². The van der Waals surface area contributed by atoms with Gasteiger partial charge in [0.2, 0.25) is 0 Å². The van der Waals surface area contributed by atoms with Gasteiger partial charge in [-0.3, -0.25) is 10.1 Å². The fraction of sp³-hybridized carbons (Fsp3) is 0.300. The molecule has 1 atom stereocenters. The Balaban J connectivity index is 2.95. The Morgan fingerprint density at radius 2 is 2.19 bits per heavy atom. The number of carbonyl (C=O) groups is 1. The van der Waals surface area contributed by atoms with Gasteiger partial charge in [0.15, 0.2) is 6.10 Å². The lowest BCUT2D eigenvalue weighted by Crippen LogP contribution is -2.25. The lowest BCUT2D eigenvalue weighted by molar-refractivity contribution is -0.385. The summed E-state index contributed by atoms with van der Waals surface area (Å²) in [6.07, 6.45) is -1.09. The SMILES string of the molecule is COC(Cc1ccccc1[N+](=O)[O-])C(=O)O. The summed E-state index contributed by atoms with van der Waals surface area (Å²) in [6, 6.07) is 6.01. The molecular formula is C10H11NO5. The molecule has 86 valence electrons. The lowest BCUT2D eigenvalue weighted by atomic mass is 10.1. The number of hydrogen-bond donors (Lipinski definition) is 1.